The van der Waals surface area contributed by atoms with E-state index in [4.69, 9.17) is 5.73 Å². The highest BCUT2D eigenvalue weighted by molar-refractivity contribution is 5.81. The Morgan fingerprint density at radius 1 is 1.11 bits per heavy atom. The largest absolute Gasteiger partial charge is 0.341 e. The van der Waals surface area contributed by atoms with Crippen LogP contribution in [0.3, 0.4) is 0 Å². The minimum absolute atomic E-state index is 0.0564. The molecule has 2 N–H and O–H groups in total. The van der Waals surface area contributed by atoms with Crippen LogP contribution in [0.5, 0.6) is 0 Å². The number of carbonyl (C=O) groups excluding carboxylic acids is 1. The van der Waals surface area contributed by atoms with Crippen molar-refractivity contribution in [3.8, 4) is 0 Å². The molecule has 3 rings (SSSR count). The molecule has 3 heterocycles. The Labute approximate surface area is 116 Å². The Bertz CT molecular complexity index is 326. The van der Waals surface area contributed by atoms with Crippen molar-refractivity contribution in [1.29, 1.82) is 0 Å². The Kier molecular flexibility index (Phi) is 3.81. The molecule has 0 aliphatic carbocycles. The molecule has 3 aliphatic rings. The van der Waals surface area contributed by atoms with Crippen molar-refractivity contribution in [3.63, 3.8) is 0 Å². The van der Waals surface area contributed by atoms with Crippen LogP contribution in [0.15, 0.2) is 0 Å². The number of likely N-dealkylation sites (tertiary alicyclic amines) is 1. The fourth-order valence-electron chi connectivity index (χ4n) is 4.42. The molecule has 4 heteroatoms. The van der Waals surface area contributed by atoms with Gasteiger partial charge in [-0.25, -0.2) is 0 Å². The number of fused-ring (bicyclic) bond motifs is 2. The van der Waals surface area contributed by atoms with Crippen LogP contribution in [0.2, 0.25) is 0 Å². The third-order valence-electron chi connectivity index (χ3n) is 5.29. The Morgan fingerprint density at radius 2 is 1.68 bits per heavy atom. The second-order valence-electron chi connectivity index (χ2n) is 6.63. The summed E-state index contributed by atoms with van der Waals surface area (Å²) in [5.74, 6) is 0.352. The number of carbonyl (C=O) groups is 1. The van der Waals surface area contributed by atoms with Gasteiger partial charge in [-0.15, -0.1) is 0 Å². The van der Waals surface area contributed by atoms with Gasteiger partial charge in [0.1, 0.15) is 0 Å². The van der Waals surface area contributed by atoms with Gasteiger partial charge in [0.2, 0.25) is 5.91 Å². The van der Waals surface area contributed by atoms with Gasteiger partial charge < -0.3 is 10.6 Å². The van der Waals surface area contributed by atoms with Gasteiger partial charge in [-0.05, 0) is 45.4 Å². The first-order valence-corrected chi connectivity index (χ1v) is 7.98. The van der Waals surface area contributed by atoms with Crippen LogP contribution in [0.25, 0.3) is 0 Å². The summed E-state index contributed by atoms with van der Waals surface area (Å²) in [5.41, 5.74) is 6.16. The van der Waals surface area contributed by atoms with E-state index in [0.717, 1.165) is 25.9 Å². The number of piperidine rings is 2. The van der Waals surface area contributed by atoms with Crippen LogP contribution < -0.4 is 5.73 Å². The smallest absolute Gasteiger partial charge is 0.239 e. The van der Waals surface area contributed by atoms with Gasteiger partial charge in [-0.3, -0.25) is 9.69 Å². The summed E-state index contributed by atoms with van der Waals surface area (Å²) >= 11 is 0. The highest BCUT2D eigenvalue weighted by Gasteiger charge is 2.42. The molecule has 4 nitrogen and oxygen atoms in total. The van der Waals surface area contributed by atoms with Crippen LogP contribution >= 0.6 is 0 Å². The topological polar surface area (TPSA) is 49.6 Å². The predicted molar refractivity (Wildman–Crippen MR) is 75.8 cm³/mol. The van der Waals surface area contributed by atoms with E-state index in [0.29, 0.717) is 24.0 Å². The van der Waals surface area contributed by atoms with E-state index in [1.165, 1.54) is 32.1 Å². The molecule has 0 radical (unpaired) electrons. The lowest BCUT2D eigenvalue weighted by Gasteiger charge is -2.50. The molecule has 3 atom stereocenters. The molecule has 3 fully saturated rings. The zero-order valence-corrected chi connectivity index (χ0v) is 12.1. The summed E-state index contributed by atoms with van der Waals surface area (Å²) in [6.45, 7) is 4.04. The number of amides is 1. The van der Waals surface area contributed by atoms with E-state index < -0.39 is 0 Å². The predicted octanol–water partition coefficient (Wildman–Crippen LogP) is 1.34. The molecule has 0 aromatic rings. The number of hydrogen-bond acceptors (Lipinski definition) is 3. The number of hydrogen-bond donors (Lipinski definition) is 1. The Balaban J connectivity index is 1.71. The Morgan fingerprint density at radius 3 is 2.26 bits per heavy atom. The maximum absolute atomic E-state index is 12.6. The van der Waals surface area contributed by atoms with Crippen molar-refractivity contribution >= 4 is 5.91 Å². The summed E-state index contributed by atoms with van der Waals surface area (Å²) < 4.78 is 0. The van der Waals surface area contributed by atoms with Crippen molar-refractivity contribution in [2.75, 3.05) is 13.1 Å². The maximum Gasteiger partial charge on any atom is 0.239 e. The van der Waals surface area contributed by atoms with Gasteiger partial charge in [0.25, 0.3) is 0 Å². The first-order chi connectivity index (χ1) is 9.16. The van der Waals surface area contributed by atoms with Gasteiger partial charge in [0.15, 0.2) is 0 Å². The normalized spacial score (nSPS) is 37.4. The molecular formula is C15H27N3O. The van der Waals surface area contributed by atoms with Crippen molar-refractivity contribution in [2.45, 2.75) is 76.0 Å². The first kappa shape index (κ1) is 13.4. The molecular weight excluding hydrogens is 238 g/mol. The highest BCUT2D eigenvalue weighted by Crippen LogP contribution is 2.35. The molecule has 3 unspecified atom stereocenters. The molecule has 0 aromatic heterocycles. The van der Waals surface area contributed by atoms with E-state index in [2.05, 4.69) is 16.7 Å². The van der Waals surface area contributed by atoms with E-state index in [9.17, 15) is 4.79 Å². The van der Waals surface area contributed by atoms with Crippen molar-refractivity contribution < 1.29 is 4.79 Å². The lowest BCUT2D eigenvalue weighted by Crippen LogP contribution is -2.61. The van der Waals surface area contributed by atoms with Crippen LogP contribution in [-0.4, -0.2) is 53.0 Å². The van der Waals surface area contributed by atoms with Gasteiger partial charge in [-0.1, -0.05) is 6.42 Å². The molecule has 3 aliphatic heterocycles. The third-order valence-corrected chi connectivity index (χ3v) is 5.29. The lowest BCUT2D eigenvalue weighted by atomic mass is 9.81. The number of rotatable bonds is 2. The van der Waals surface area contributed by atoms with Crippen LogP contribution in [0.4, 0.5) is 0 Å². The minimum Gasteiger partial charge on any atom is -0.341 e. The molecule has 0 spiro atoms. The van der Waals surface area contributed by atoms with Crippen LogP contribution in [-0.2, 0) is 4.79 Å². The second-order valence-corrected chi connectivity index (χ2v) is 6.63. The summed E-state index contributed by atoms with van der Waals surface area (Å²) in [6, 6.07) is 1.50. The zero-order valence-electron chi connectivity index (χ0n) is 12.1. The SMILES string of the molecule is CC(C(=O)N1CCCC1)N1C2CCCC1CC(N)C2. The maximum atomic E-state index is 12.6. The van der Waals surface area contributed by atoms with Gasteiger partial charge in [0.05, 0.1) is 6.04 Å². The lowest BCUT2D eigenvalue weighted by molar-refractivity contribution is -0.140. The molecule has 2 bridgehead atoms. The molecule has 19 heavy (non-hydrogen) atoms. The van der Waals surface area contributed by atoms with Crippen molar-refractivity contribution in [3.05, 3.63) is 0 Å². The summed E-state index contributed by atoms with van der Waals surface area (Å²) in [4.78, 5) is 17.2. The molecule has 0 saturated carbocycles. The fraction of sp³-hybridized carbons (Fsp3) is 0.933. The molecule has 1 amide bonds. The highest BCUT2D eigenvalue weighted by atomic mass is 16.2. The van der Waals surface area contributed by atoms with E-state index >= 15 is 0 Å². The van der Waals surface area contributed by atoms with E-state index in [1.54, 1.807) is 0 Å². The summed E-state index contributed by atoms with van der Waals surface area (Å²) in [6.07, 6.45) is 8.27. The first-order valence-electron chi connectivity index (χ1n) is 7.98. The average molecular weight is 265 g/mol. The van der Waals surface area contributed by atoms with Gasteiger partial charge >= 0.3 is 0 Å². The molecule has 3 saturated heterocycles. The average Bonchev–Trinajstić information content (AvgIpc) is 2.89. The fourth-order valence-corrected chi connectivity index (χ4v) is 4.42. The van der Waals surface area contributed by atoms with Crippen LogP contribution in [0, 0.1) is 0 Å². The standard InChI is InChI=1S/C15H27N3O/c1-11(15(19)17-7-2-3-8-17)18-13-5-4-6-14(18)10-12(16)9-13/h11-14H,2-10,16H2,1H3. The van der Waals surface area contributed by atoms with E-state index in [-0.39, 0.29) is 6.04 Å². The third kappa shape index (κ3) is 2.52. The second kappa shape index (κ2) is 5.41. The summed E-state index contributed by atoms with van der Waals surface area (Å²) in [5, 5.41) is 0. The Hall–Kier alpha value is -0.610. The van der Waals surface area contributed by atoms with Crippen molar-refractivity contribution in [1.82, 2.24) is 9.80 Å². The molecule has 108 valence electrons. The van der Waals surface area contributed by atoms with Crippen LogP contribution in [0.1, 0.15) is 51.9 Å². The summed E-state index contributed by atoms with van der Waals surface area (Å²) in [7, 11) is 0. The van der Waals surface area contributed by atoms with Crippen molar-refractivity contribution in [2.24, 2.45) is 5.73 Å². The quantitative estimate of drug-likeness (QED) is 0.820. The monoisotopic (exact) mass is 265 g/mol. The van der Waals surface area contributed by atoms with Gasteiger partial charge in [-0.2, -0.15) is 0 Å². The van der Waals surface area contributed by atoms with Gasteiger partial charge in [0, 0.05) is 31.2 Å². The number of nitrogens with two attached hydrogens (primary N) is 1. The van der Waals surface area contributed by atoms with E-state index in [1.807, 2.05) is 0 Å². The molecule has 0 aromatic carbocycles. The zero-order chi connectivity index (χ0) is 13.4. The number of nitrogens with zero attached hydrogens (tertiary/aromatic N) is 2. The minimum atomic E-state index is 0.0564.